The minimum atomic E-state index is -0.153. The van der Waals surface area contributed by atoms with E-state index in [9.17, 15) is 4.79 Å². The van der Waals surface area contributed by atoms with Gasteiger partial charge in [0.1, 0.15) is 9.88 Å². The van der Waals surface area contributed by atoms with Crippen LogP contribution in [0, 0.1) is 0 Å². The summed E-state index contributed by atoms with van der Waals surface area (Å²) in [6.45, 7) is 1.93. The van der Waals surface area contributed by atoms with Crippen LogP contribution >= 0.6 is 34.3 Å². The Kier molecular flexibility index (Phi) is 5.59. The summed E-state index contributed by atoms with van der Waals surface area (Å²) in [5.41, 5.74) is 1.00. The number of thiazole rings is 1. The van der Waals surface area contributed by atoms with E-state index in [-0.39, 0.29) is 11.3 Å². The first-order valence-corrected chi connectivity index (χ1v) is 10.9. The maximum Gasteiger partial charge on any atom is 0.263 e. The van der Waals surface area contributed by atoms with E-state index in [0.29, 0.717) is 29.7 Å². The Morgan fingerprint density at radius 2 is 2.11 bits per heavy atom. The van der Waals surface area contributed by atoms with Gasteiger partial charge in [-0.05, 0) is 42.0 Å². The third-order valence-electron chi connectivity index (χ3n) is 4.94. The second-order valence-corrected chi connectivity index (χ2v) is 9.01. The molecule has 4 nitrogen and oxygen atoms in total. The minimum Gasteiger partial charge on any atom is -0.381 e. The Bertz CT molecular complexity index is 918. The van der Waals surface area contributed by atoms with Gasteiger partial charge in [-0.15, -0.1) is 22.7 Å². The Hall–Kier alpha value is -1.73. The lowest BCUT2D eigenvalue weighted by Gasteiger charge is -2.38. The summed E-state index contributed by atoms with van der Waals surface area (Å²) in [6, 6.07) is 11.9. The van der Waals surface area contributed by atoms with Crippen LogP contribution in [-0.2, 0) is 10.2 Å². The summed E-state index contributed by atoms with van der Waals surface area (Å²) in [5.74, 6) is -0.0804. The molecule has 2 aromatic heterocycles. The SMILES string of the molecule is O=C(NCC1(c2cccc(Cl)c2)CCOCC1)c1cnc(-c2cccs2)s1. The first kappa shape index (κ1) is 18.6. The number of carbonyl (C=O) groups is 1. The number of hydrogen-bond acceptors (Lipinski definition) is 5. The normalized spacial score (nSPS) is 16.2. The van der Waals surface area contributed by atoms with Crippen molar-refractivity contribution < 1.29 is 9.53 Å². The molecule has 1 amide bonds. The van der Waals surface area contributed by atoms with Crippen molar-refractivity contribution in [3.05, 3.63) is 63.4 Å². The lowest BCUT2D eigenvalue weighted by Crippen LogP contribution is -2.44. The molecule has 0 unspecified atom stereocenters. The summed E-state index contributed by atoms with van der Waals surface area (Å²) in [5, 5.41) is 6.73. The van der Waals surface area contributed by atoms with E-state index < -0.39 is 0 Å². The van der Waals surface area contributed by atoms with Crippen LogP contribution in [0.25, 0.3) is 9.88 Å². The van der Waals surface area contributed by atoms with Crippen molar-refractivity contribution in [2.45, 2.75) is 18.3 Å². The zero-order chi connectivity index (χ0) is 18.7. The largest absolute Gasteiger partial charge is 0.381 e. The molecule has 0 atom stereocenters. The van der Waals surface area contributed by atoms with Gasteiger partial charge >= 0.3 is 0 Å². The van der Waals surface area contributed by atoms with Crippen LogP contribution in [0.15, 0.2) is 48.0 Å². The number of halogens is 1. The molecule has 4 rings (SSSR count). The fourth-order valence-electron chi connectivity index (χ4n) is 3.38. The molecule has 0 radical (unpaired) electrons. The van der Waals surface area contributed by atoms with Crippen molar-refractivity contribution in [1.29, 1.82) is 0 Å². The fourth-order valence-corrected chi connectivity index (χ4v) is 5.20. The molecule has 0 saturated carbocycles. The highest BCUT2D eigenvalue weighted by molar-refractivity contribution is 7.21. The number of carbonyl (C=O) groups excluding carboxylic acids is 1. The smallest absolute Gasteiger partial charge is 0.263 e. The van der Waals surface area contributed by atoms with Crippen molar-refractivity contribution in [2.75, 3.05) is 19.8 Å². The summed E-state index contributed by atoms with van der Waals surface area (Å²) < 4.78 is 5.56. The van der Waals surface area contributed by atoms with E-state index in [0.717, 1.165) is 28.3 Å². The highest BCUT2D eigenvalue weighted by atomic mass is 35.5. The molecule has 1 aromatic carbocycles. The number of nitrogens with one attached hydrogen (secondary N) is 1. The third-order valence-corrected chi connectivity index (χ3v) is 7.21. The summed E-state index contributed by atoms with van der Waals surface area (Å²) in [6.07, 6.45) is 3.37. The minimum absolute atomic E-state index is 0.0804. The second-order valence-electron chi connectivity index (χ2n) is 6.59. The van der Waals surface area contributed by atoms with Crippen molar-refractivity contribution in [3.8, 4) is 9.88 Å². The lowest BCUT2D eigenvalue weighted by molar-refractivity contribution is 0.0487. The summed E-state index contributed by atoms with van der Waals surface area (Å²) in [4.78, 5) is 18.8. The molecular formula is C20H19ClN2O2S2. The summed E-state index contributed by atoms with van der Waals surface area (Å²) in [7, 11) is 0. The first-order chi connectivity index (χ1) is 13.2. The number of ether oxygens (including phenoxy) is 1. The van der Waals surface area contributed by atoms with Crippen LogP contribution in [0.1, 0.15) is 28.1 Å². The van der Waals surface area contributed by atoms with Crippen molar-refractivity contribution in [2.24, 2.45) is 0 Å². The molecule has 1 aliphatic heterocycles. The molecule has 0 spiro atoms. The van der Waals surface area contributed by atoms with Gasteiger partial charge < -0.3 is 10.1 Å². The number of benzene rings is 1. The zero-order valence-electron chi connectivity index (χ0n) is 14.6. The number of aromatic nitrogens is 1. The van der Waals surface area contributed by atoms with Crippen LogP contribution in [-0.4, -0.2) is 30.6 Å². The van der Waals surface area contributed by atoms with Crippen molar-refractivity contribution in [1.82, 2.24) is 10.3 Å². The molecule has 3 heterocycles. The molecule has 3 aromatic rings. The van der Waals surface area contributed by atoms with E-state index >= 15 is 0 Å². The topological polar surface area (TPSA) is 51.2 Å². The highest BCUT2D eigenvalue weighted by Crippen LogP contribution is 2.36. The maximum atomic E-state index is 12.7. The Labute approximate surface area is 171 Å². The van der Waals surface area contributed by atoms with Gasteiger partial charge in [0.25, 0.3) is 5.91 Å². The Morgan fingerprint density at radius 3 is 2.85 bits per heavy atom. The lowest BCUT2D eigenvalue weighted by atomic mass is 9.74. The molecule has 27 heavy (non-hydrogen) atoms. The van der Waals surface area contributed by atoms with Crippen molar-refractivity contribution in [3.63, 3.8) is 0 Å². The van der Waals surface area contributed by atoms with Crippen LogP contribution in [0.5, 0.6) is 0 Å². The van der Waals surface area contributed by atoms with Gasteiger partial charge in [0.2, 0.25) is 0 Å². The molecule has 7 heteroatoms. The third kappa shape index (κ3) is 4.09. The number of thiophene rings is 1. The molecule has 1 saturated heterocycles. The average molecular weight is 419 g/mol. The molecule has 1 aliphatic rings. The Morgan fingerprint density at radius 1 is 1.26 bits per heavy atom. The van der Waals surface area contributed by atoms with Gasteiger partial charge in [-0.1, -0.05) is 29.8 Å². The van der Waals surface area contributed by atoms with Crippen molar-refractivity contribution >= 4 is 40.2 Å². The zero-order valence-corrected chi connectivity index (χ0v) is 17.0. The van der Waals surface area contributed by atoms with Crippen LogP contribution in [0.3, 0.4) is 0 Å². The molecule has 0 bridgehead atoms. The molecule has 1 N–H and O–H groups in total. The maximum absolute atomic E-state index is 12.7. The van der Waals surface area contributed by atoms with Gasteiger partial charge in [0.05, 0.1) is 11.1 Å². The predicted octanol–water partition coefficient (Wildman–Crippen LogP) is 5.00. The summed E-state index contributed by atoms with van der Waals surface area (Å²) >= 11 is 9.26. The van der Waals surface area contributed by atoms with Gasteiger partial charge in [-0.3, -0.25) is 4.79 Å². The Balaban J connectivity index is 1.50. The van der Waals surface area contributed by atoms with E-state index in [1.165, 1.54) is 11.3 Å². The fraction of sp³-hybridized carbons (Fsp3) is 0.300. The first-order valence-electron chi connectivity index (χ1n) is 8.78. The highest BCUT2D eigenvalue weighted by Gasteiger charge is 2.35. The molecule has 0 aliphatic carbocycles. The molecule has 140 valence electrons. The van der Waals surface area contributed by atoms with E-state index in [1.54, 1.807) is 17.5 Å². The van der Waals surface area contributed by atoms with E-state index in [2.05, 4.69) is 16.4 Å². The van der Waals surface area contributed by atoms with Gasteiger partial charge in [-0.25, -0.2) is 4.98 Å². The molecule has 1 fully saturated rings. The van der Waals surface area contributed by atoms with Crippen LogP contribution < -0.4 is 5.32 Å². The van der Waals surface area contributed by atoms with Crippen LogP contribution in [0.4, 0.5) is 0 Å². The van der Waals surface area contributed by atoms with Gasteiger partial charge in [0, 0.05) is 30.2 Å². The second kappa shape index (κ2) is 8.10. The van der Waals surface area contributed by atoms with Crippen LogP contribution in [0.2, 0.25) is 5.02 Å². The predicted molar refractivity (Wildman–Crippen MR) is 111 cm³/mol. The van der Waals surface area contributed by atoms with Gasteiger partial charge in [-0.2, -0.15) is 0 Å². The number of hydrogen-bond donors (Lipinski definition) is 1. The average Bonchev–Trinajstić information content (AvgIpc) is 3.38. The van der Waals surface area contributed by atoms with E-state index in [4.69, 9.17) is 16.3 Å². The monoisotopic (exact) mass is 418 g/mol. The number of rotatable bonds is 5. The quantitative estimate of drug-likeness (QED) is 0.634. The number of nitrogens with zero attached hydrogens (tertiary/aromatic N) is 1. The standard InChI is InChI=1S/C20H19ClN2O2S2/c21-15-4-1-3-14(11-15)20(6-8-25-9-7-20)13-23-18(24)17-12-22-19(27-17)16-5-2-10-26-16/h1-5,10-12H,6-9,13H2,(H,23,24). The number of amides is 1. The van der Waals surface area contributed by atoms with E-state index in [1.807, 2.05) is 35.7 Å². The molecular weight excluding hydrogens is 400 g/mol. The van der Waals surface area contributed by atoms with Gasteiger partial charge in [0.15, 0.2) is 0 Å².